The van der Waals surface area contributed by atoms with Crippen LogP contribution in [0.3, 0.4) is 0 Å². The maximum atomic E-state index is 13.3. The zero-order chi connectivity index (χ0) is 25.5. The maximum Gasteiger partial charge on any atom is 0.380 e. The Kier molecular flexibility index (Phi) is 8.47. The van der Waals surface area contributed by atoms with Crippen molar-refractivity contribution in [3.8, 4) is 0 Å². The van der Waals surface area contributed by atoms with Gasteiger partial charge in [0.1, 0.15) is 13.2 Å². The van der Waals surface area contributed by atoms with Crippen molar-refractivity contribution in [1.82, 2.24) is 0 Å². The van der Waals surface area contributed by atoms with E-state index in [9.17, 15) is 70.2 Å². The average Bonchev–Trinajstić information content (AvgIpc) is 2.57. The molecule has 0 aliphatic rings. The molecule has 0 radical (unpaired) electrons. The minimum atomic E-state index is -6.74. The van der Waals surface area contributed by atoms with Crippen molar-refractivity contribution in [2.45, 2.75) is 61.5 Å². The van der Waals surface area contributed by atoms with E-state index in [1.54, 1.807) is 0 Å². The number of halogens is 16. The number of hydrogen-bond acceptors (Lipinski definition) is 2. The van der Waals surface area contributed by atoms with Crippen molar-refractivity contribution in [2.24, 2.45) is 0 Å². The third-order valence-corrected chi connectivity index (χ3v) is 5.19. The van der Waals surface area contributed by atoms with Gasteiger partial charge in [-0.15, -0.1) is 0 Å². The van der Waals surface area contributed by atoms with E-state index in [0.717, 1.165) is 0 Å². The van der Waals surface area contributed by atoms with Crippen LogP contribution < -0.4 is 0 Å². The molecule has 0 saturated heterocycles. The Morgan fingerprint density at radius 2 is 0.774 bits per heavy atom. The zero-order valence-corrected chi connectivity index (χ0v) is 15.9. The summed E-state index contributed by atoms with van der Waals surface area (Å²) in [4.78, 5) is 0. The van der Waals surface area contributed by atoms with Crippen LogP contribution in [-0.2, 0) is 8.85 Å². The van der Waals surface area contributed by atoms with Gasteiger partial charge in [0.2, 0.25) is 0 Å². The first-order valence-corrected chi connectivity index (χ1v) is 10.2. The molecule has 0 bridgehead atoms. The third kappa shape index (κ3) is 5.69. The maximum absolute atomic E-state index is 13.3. The summed E-state index contributed by atoms with van der Waals surface area (Å²) in [6.07, 6.45) is -10.5. The minimum absolute atomic E-state index is 0.381. The van der Waals surface area contributed by atoms with Crippen LogP contribution in [0, 0.1) is 0 Å². The smallest absolute Gasteiger partial charge is 0.380 e. The lowest BCUT2D eigenvalue weighted by molar-refractivity contribution is -0.345. The van der Waals surface area contributed by atoms with E-state index in [4.69, 9.17) is 0 Å². The van der Waals surface area contributed by atoms with Gasteiger partial charge in [0.05, 0.1) is 0 Å². The SMILES string of the molecule is C[Si](C)(OCC(F)(F)C(F)(F)C(F)(F)C(F)F)OCC(F)(F)C(F)(F)C(F)(F)C(F)F. The zero-order valence-electron chi connectivity index (χ0n) is 14.9. The molecule has 31 heavy (non-hydrogen) atoms. The van der Waals surface area contributed by atoms with E-state index in [1.165, 1.54) is 0 Å². The van der Waals surface area contributed by atoms with Crippen LogP contribution in [0.2, 0.25) is 13.1 Å². The lowest BCUT2D eigenvalue weighted by Crippen LogP contribution is -2.61. The van der Waals surface area contributed by atoms with E-state index in [1.807, 2.05) is 0 Å². The van der Waals surface area contributed by atoms with Crippen LogP contribution in [0.15, 0.2) is 0 Å². The lowest BCUT2D eigenvalue weighted by atomic mass is 10.1. The van der Waals surface area contributed by atoms with Gasteiger partial charge in [-0.3, -0.25) is 0 Å². The second kappa shape index (κ2) is 8.75. The predicted octanol–water partition coefficient (Wildman–Crippen LogP) is 6.06. The quantitative estimate of drug-likeness (QED) is 0.230. The van der Waals surface area contributed by atoms with Crippen LogP contribution in [-0.4, -0.2) is 70.2 Å². The largest absolute Gasteiger partial charge is 0.388 e. The molecule has 0 unspecified atom stereocenters. The summed E-state index contributed by atoms with van der Waals surface area (Å²) in [5, 5.41) is 0. The van der Waals surface area contributed by atoms with Crippen LogP contribution in [0.4, 0.5) is 70.2 Å². The molecule has 2 nitrogen and oxygen atoms in total. The van der Waals surface area contributed by atoms with Gasteiger partial charge >= 0.3 is 56.9 Å². The van der Waals surface area contributed by atoms with Gasteiger partial charge in [0.15, 0.2) is 0 Å². The summed E-state index contributed by atoms with van der Waals surface area (Å²) in [5.74, 6) is -38.8. The summed E-state index contributed by atoms with van der Waals surface area (Å²) >= 11 is 0. The second-order valence-corrected chi connectivity index (χ2v) is 9.76. The average molecular weight is 520 g/mol. The van der Waals surface area contributed by atoms with Crippen molar-refractivity contribution in [3.63, 3.8) is 0 Å². The summed E-state index contributed by atoms with van der Waals surface area (Å²) in [7, 11) is -4.74. The molecule has 0 rings (SSSR count). The highest BCUT2D eigenvalue weighted by Crippen LogP contribution is 2.50. The first-order chi connectivity index (χ1) is 13.3. The van der Waals surface area contributed by atoms with Crippen molar-refractivity contribution in [2.75, 3.05) is 13.2 Å². The molecule has 0 heterocycles. The molecule has 0 spiro atoms. The molecule has 0 N–H and O–H groups in total. The third-order valence-electron chi connectivity index (χ3n) is 3.51. The Bertz CT molecular complexity index is 555. The van der Waals surface area contributed by atoms with Crippen molar-refractivity contribution in [1.29, 1.82) is 0 Å². The van der Waals surface area contributed by atoms with Gasteiger partial charge in [-0.1, -0.05) is 0 Å². The molecule has 0 aromatic heterocycles. The fourth-order valence-electron chi connectivity index (χ4n) is 1.51. The molecule has 0 fully saturated rings. The van der Waals surface area contributed by atoms with Crippen molar-refractivity contribution < 1.29 is 79.1 Å². The first-order valence-electron chi connectivity index (χ1n) is 7.41. The number of alkyl halides is 16. The number of hydrogen-bond donors (Lipinski definition) is 0. The standard InChI is InChI=1S/C12H12F16O2Si/c1-31(2,29-3-7(17,18)11(25,26)9(21,22)5(13)14)30-4-8(19,20)12(27,28)10(23,24)6(15)16/h5-6H,3-4H2,1-2H3. The van der Waals surface area contributed by atoms with Crippen LogP contribution >= 0.6 is 0 Å². The molecular weight excluding hydrogens is 508 g/mol. The van der Waals surface area contributed by atoms with Crippen LogP contribution in [0.1, 0.15) is 0 Å². The molecular formula is C12H12F16O2Si. The van der Waals surface area contributed by atoms with E-state index in [-0.39, 0.29) is 0 Å². The Morgan fingerprint density at radius 3 is 0.968 bits per heavy atom. The minimum Gasteiger partial charge on any atom is -0.388 e. The predicted molar refractivity (Wildman–Crippen MR) is 71.1 cm³/mol. The molecule has 19 heteroatoms. The lowest BCUT2D eigenvalue weighted by Gasteiger charge is -2.35. The van der Waals surface area contributed by atoms with Gasteiger partial charge in [-0.05, 0) is 13.1 Å². The summed E-state index contributed by atoms with van der Waals surface area (Å²) in [6.45, 7) is -4.97. The summed E-state index contributed by atoms with van der Waals surface area (Å²) in [6, 6.07) is 0. The second-order valence-electron chi connectivity index (χ2n) is 6.38. The van der Waals surface area contributed by atoms with Crippen LogP contribution in [0.5, 0.6) is 0 Å². The fraction of sp³-hybridized carbons (Fsp3) is 1.00. The molecule has 0 aliphatic carbocycles. The highest BCUT2D eigenvalue weighted by Gasteiger charge is 2.76. The summed E-state index contributed by atoms with van der Waals surface area (Å²) in [5.41, 5.74) is 0. The number of rotatable bonds is 12. The molecule has 0 atom stereocenters. The summed E-state index contributed by atoms with van der Waals surface area (Å²) < 4.78 is 212. The van der Waals surface area contributed by atoms with Gasteiger partial charge in [0, 0.05) is 0 Å². The van der Waals surface area contributed by atoms with Crippen molar-refractivity contribution in [3.05, 3.63) is 0 Å². The van der Waals surface area contributed by atoms with Crippen LogP contribution in [0.25, 0.3) is 0 Å². The Hall–Kier alpha value is -0.983. The van der Waals surface area contributed by atoms with Gasteiger partial charge in [0.25, 0.3) is 0 Å². The van der Waals surface area contributed by atoms with Gasteiger partial charge < -0.3 is 8.85 Å². The van der Waals surface area contributed by atoms with E-state index in [0.29, 0.717) is 13.1 Å². The Labute approximate surface area is 163 Å². The molecule has 0 aliphatic heterocycles. The highest BCUT2D eigenvalue weighted by molar-refractivity contribution is 6.64. The Morgan fingerprint density at radius 1 is 0.548 bits per heavy atom. The monoisotopic (exact) mass is 520 g/mol. The fourth-order valence-corrected chi connectivity index (χ4v) is 2.65. The molecule has 0 amide bonds. The molecule has 188 valence electrons. The van der Waals surface area contributed by atoms with Gasteiger partial charge in [-0.2, -0.15) is 52.7 Å². The first kappa shape index (κ1) is 30.0. The van der Waals surface area contributed by atoms with Crippen molar-refractivity contribution >= 4 is 8.56 Å². The normalized spacial score (nSPS) is 15.9. The molecule has 0 saturated carbocycles. The molecule has 0 aromatic rings. The molecule has 0 aromatic carbocycles. The van der Waals surface area contributed by atoms with E-state index in [2.05, 4.69) is 8.85 Å². The van der Waals surface area contributed by atoms with E-state index >= 15 is 0 Å². The van der Waals surface area contributed by atoms with Gasteiger partial charge in [-0.25, -0.2) is 17.6 Å². The Balaban J connectivity index is 5.38. The van der Waals surface area contributed by atoms with E-state index < -0.39 is 70.2 Å². The highest BCUT2D eigenvalue weighted by atomic mass is 28.4. The topological polar surface area (TPSA) is 18.5 Å².